The molecule has 0 bridgehead atoms. The van der Waals surface area contributed by atoms with E-state index in [2.05, 4.69) is 0 Å². The number of ketones is 1. The van der Waals surface area contributed by atoms with Crippen LogP contribution in [-0.4, -0.2) is 48.6 Å². The minimum absolute atomic E-state index is 0.0151. The molecule has 1 saturated heterocycles. The molecule has 1 N–H and O–H groups in total. The lowest BCUT2D eigenvalue weighted by atomic mass is 9.95. The van der Waals surface area contributed by atoms with Gasteiger partial charge in [0.05, 0.1) is 34.9 Å². The first kappa shape index (κ1) is 22.2. The molecule has 0 radical (unpaired) electrons. The average molecular weight is 450 g/mol. The predicted molar refractivity (Wildman–Crippen MR) is 115 cm³/mol. The van der Waals surface area contributed by atoms with Gasteiger partial charge in [-0.2, -0.15) is 0 Å². The van der Waals surface area contributed by atoms with Gasteiger partial charge >= 0.3 is 0 Å². The van der Waals surface area contributed by atoms with Crippen molar-refractivity contribution < 1.29 is 24.2 Å². The summed E-state index contributed by atoms with van der Waals surface area (Å²) >= 11 is 12.0. The fourth-order valence-corrected chi connectivity index (χ4v) is 3.66. The number of aliphatic hydroxyl groups excluding tert-OH is 1. The highest BCUT2D eigenvalue weighted by atomic mass is 35.5. The molecule has 3 rings (SSSR count). The molecule has 8 heteroatoms. The van der Waals surface area contributed by atoms with Gasteiger partial charge in [0.1, 0.15) is 11.5 Å². The van der Waals surface area contributed by atoms with Crippen LogP contribution in [0.4, 0.5) is 0 Å². The van der Waals surface area contributed by atoms with Crippen LogP contribution in [0.1, 0.15) is 24.1 Å². The summed E-state index contributed by atoms with van der Waals surface area (Å²) in [6.07, 6.45) is 0. The number of aliphatic hydroxyl groups is 1. The molecule has 1 heterocycles. The third-order valence-corrected chi connectivity index (χ3v) is 5.52. The lowest BCUT2D eigenvalue weighted by molar-refractivity contribution is -0.140. The van der Waals surface area contributed by atoms with Crippen LogP contribution in [0.15, 0.2) is 48.0 Å². The maximum absolute atomic E-state index is 12.9. The molecule has 1 fully saturated rings. The summed E-state index contributed by atoms with van der Waals surface area (Å²) < 4.78 is 10.6. The van der Waals surface area contributed by atoms with E-state index in [4.69, 9.17) is 32.7 Å². The number of Topliss-reactive ketones (excluding diaryl/α,β-unsaturated/α-hetero) is 1. The quantitative estimate of drug-likeness (QED) is 0.383. The van der Waals surface area contributed by atoms with Crippen LogP contribution in [0.25, 0.3) is 5.76 Å². The van der Waals surface area contributed by atoms with Crippen LogP contribution < -0.4 is 4.74 Å². The lowest BCUT2D eigenvalue weighted by Crippen LogP contribution is -2.32. The maximum atomic E-state index is 12.9. The molecule has 158 valence electrons. The van der Waals surface area contributed by atoms with Crippen LogP contribution in [0.3, 0.4) is 0 Å². The van der Waals surface area contributed by atoms with Gasteiger partial charge < -0.3 is 19.5 Å². The molecule has 30 heavy (non-hydrogen) atoms. The lowest BCUT2D eigenvalue weighted by Gasteiger charge is -2.25. The average Bonchev–Trinajstić information content (AvgIpc) is 2.99. The highest BCUT2D eigenvalue weighted by Gasteiger charge is 2.45. The number of carbonyl (C=O) groups is 2. The maximum Gasteiger partial charge on any atom is 0.295 e. The Balaban J connectivity index is 2.13. The van der Waals surface area contributed by atoms with Crippen molar-refractivity contribution in [2.45, 2.75) is 13.0 Å². The Morgan fingerprint density at radius 3 is 2.40 bits per heavy atom. The molecule has 2 aromatic rings. The van der Waals surface area contributed by atoms with Gasteiger partial charge in [-0.3, -0.25) is 9.59 Å². The second-order valence-corrected chi connectivity index (χ2v) is 7.43. The molecule has 0 spiro atoms. The SMILES string of the molecule is CCOc1ccc(C2/C(=C(/O)c3ccc(Cl)c(Cl)c3)C(=O)C(=O)N2CCOC)cc1. The van der Waals surface area contributed by atoms with E-state index in [0.29, 0.717) is 28.5 Å². The molecular formula is C22H21Cl2NO5. The minimum Gasteiger partial charge on any atom is -0.507 e. The Bertz CT molecular complexity index is 988. The van der Waals surface area contributed by atoms with Crippen molar-refractivity contribution in [3.8, 4) is 5.75 Å². The summed E-state index contributed by atoms with van der Waals surface area (Å²) in [5.74, 6) is -1.12. The summed E-state index contributed by atoms with van der Waals surface area (Å²) in [6, 6.07) is 10.8. The van der Waals surface area contributed by atoms with E-state index in [9.17, 15) is 14.7 Å². The molecule has 1 unspecified atom stereocenters. The van der Waals surface area contributed by atoms with E-state index in [1.807, 2.05) is 6.92 Å². The molecular weight excluding hydrogens is 429 g/mol. The number of amides is 1. The number of benzene rings is 2. The third-order valence-electron chi connectivity index (χ3n) is 4.78. The van der Waals surface area contributed by atoms with Crippen molar-refractivity contribution >= 4 is 40.7 Å². The smallest absolute Gasteiger partial charge is 0.295 e. The van der Waals surface area contributed by atoms with Crippen LogP contribution >= 0.6 is 23.2 Å². The number of hydrogen-bond acceptors (Lipinski definition) is 5. The highest BCUT2D eigenvalue weighted by molar-refractivity contribution is 6.46. The number of ether oxygens (including phenoxy) is 2. The monoisotopic (exact) mass is 449 g/mol. The van der Waals surface area contributed by atoms with Crippen molar-refractivity contribution in [3.05, 3.63) is 69.2 Å². The Morgan fingerprint density at radius 2 is 1.80 bits per heavy atom. The number of carbonyl (C=O) groups excluding carboxylic acids is 2. The van der Waals surface area contributed by atoms with E-state index < -0.39 is 17.7 Å². The van der Waals surface area contributed by atoms with Gasteiger partial charge in [-0.15, -0.1) is 0 Å². The van der Waals surface area contributed by atoms with E-state index in [-0.39, 0.29) is 29.5 Å². The first-order valence-electron chi connectivity index (χ1n) is 9.34. The number of hydrogen-bond donors (Lipinski definition) is 1. The number of nitrogens with zero attached hydrogens (tertiary/aromatic N) is 1. The molecule has 0 saturated carbocycles. The van der Waals surface area contributed by atoms with Crippen molar-refractivity contribution in [2.24, 2.45) is 0 Å². The van der Waals surface area contributed by atoms with Gasteiger partial charge in [0.2, 0.25) is 0 Å². The first-order chi connectivity index (χ1) is 14.4. The Morgan fingerprint density at radius 1 is 1.10 bits per heavy atom. The first-order valence-corrected chi connectivity index (χ1v) is 10.1. The fraction of sp³-hybridized carbons (Fsp3) is 0.273. The van der Waals surface area contributed by atoms with Crippen LogP contribution in [-0.2, 0) is 14.3 Å². The minimum atomic E-state index is -0.773. The van der Waals surface area contributed by atoms with Crippen molar-refractivity contribution in [2.75, 3.05) is 26.9 Å². The van der Waals surface area contributed by atoms with Crippen LogP contribution in [0.2, 0.25) is 10.0 Å². The van der Waals surface area contributed by atoms with E-state index >= 15 is 0 Å². The molecule has 6 nitrogen and oxygen atoms in total. The summed E-state index contributed by atoms with van der Waals surface area (Å²) in [5, 5.41) is 11.5. The van der Waals surface area contributed by atoms with Gasteiger partial charge in [-0.25, -0.2) is 0 Å². The zero-order valence-corrected chi connectivity index (χ0v) is 18.0. The molecule has 1 aliphatic heterocycles. The summed E-state index contributed by atoms with van der Waals surface area (Å²) in [6.45, 7) is 2.83. The molecule has 1 aliphatic rings. The van der Waals surface area contributed by atoms with Gasteiger partial charge in [-0.05, 0) is 42.8 Å². The predicted octanol–water partition coefficient (Wildman–Crippen LogP) is 4.46. The number of likely N-dealkylation sites (tertiary alicyclic amines) is 1. The number of methoxy groups -OCH3 is 1. The third kappa shape index (κ3) is 4.31. The second kappa shape index (κ2) is 9.51. The van der Waals surface area contributed by atoms with Crippen LogP contribution in [0.5, 0.6) is 5.75 Å². The summed E-state index contributed by atoms with van der Waals surface area (Å²) in [7, 11) is 1.51. The van der Waals surface area contributed by atoms with Crippen LogP contribution in [0, 0.1) is 0 Å². The topological polar surface area (TPSA) is 76.1 Å². The molecule has 1 atom stereocenters. The van der Waals surface area contributed by atoms with E-state index in [1.54, 1.807) is 30.3 Å². The standard InChI is InChI=1S/C22H21Cl2NO5/c1-3-30-15-7-4-13(5-8-15)19-18(21(27)22(28)25(19)10-11-29-2)20(26)14-6-9-16(23)17(24)12-14/h4-9,12,19,26H,3,10-11H2,1-2H3/b20-18-. The highest BCUT2D eigenvalue weighted by Crippen LogP contribution is 2.40. The second-order valence-electron chi connectivity index (χ2n) is 6.62. The molecule has 0 aliphatic carbocycles. The van der Waals surface area contributed by atoms with Crippen molar-refractivity contribution in [3.63, 3.8) is 0 Å². The molecule has 1 amide bonds. The Hall–Kier alpha value is -2.54. The van der Waals surface area contributed by atoms with Gasteiger partial charge in [0.15, 0.2) is 0 Å². The summed E-state index contributed by atoms with van der Waals surface area (Å²) in [5.41, 5.74) is 0.944. The van der Waals surface area contributed by atoms with Gasteiger partial charge in [0.25, 0.3) is 11.7 Å². The number of halogens is 2. The fourth-order valence-electron chi connectivity index (χ4n) is 3.36. The van der Waals surface area contributed by atoms with Gasteiger partial charge in [-0.1, -0.05) is 35.3 Å². The largest absolute Gasteiger partial charge is 0.507 e. The van der Waals surface area contributed by atoms with Gasteiger partial charge in [0, 0.05) is 19.2 Å². The molecule has 2 aromatic carbocycles. The Kier molecular flexibility index (Phi) is 7.02. The molecule has 0 aromatic heterocycles. The van der Waals surface area contributed by atoms with E-state index in [1.165, 1.54) is 24.1 Å². The normalized spacial score (nSPS) is 18.1. The van der Waals surface area contributed by atoms with E-state index in [0.717, 1.165) is 0 Å². The number of rotatable bonds is 7. The zero-order chi connectivity index (χ0) is 21.8. The Labute approximate surface area is 184 Å². The summed E-state index contributed by atoms with van der Waals surface area (Å²) in [4.78, 5) is 27.0. The van der Waals surface area contributed by atoms with Crippen molar-refractivity contribution in [1.29, 1.82) is 0 Å². The van der Waals surface area contributed by atoms with Crippen molar-refractivity contribution in [1.82, 2.24) is 4.90 Å². The zero-order valence-electron chi connectivity index (χ0n) is 16.5.